The Morgan fingerprint density at radius 3 is 2.73 bits per heavy atom. The molecule has 0 N–H and O–H groups in total. The third kappa shape index (κ3) is 3.87. The van der Waals surface area contributed by atoms with Crippen LogP contribution in [0.3, 0.4) is 0 Å². The highest BCUT2D eigenvalue weighted by molar-refractivity contribution is 5.97. The normalized spacial score (nSPS) is 25.1. The van der Waals surface area contributed by atoms with Crippen LogP contribution in [0.25, 0.3) is 0 Å². The zero-order valence-corrected chi connectivity index (χ0v) is 15.9. The number of ether oxygens (including phenoxy) is 2. The maximum atomic E-state index is 13.3. The topological polar surface area (TPSA) is 55.8 Å². The first-order valence-electron chi connectivity index (χ1n) is 9.64. The molecule has 5 nitrogen and oxygen atoms in total. The molecule has 26 heavy (non-hydrogen) atoms. The van der Waals surface area contributed by atoms with Gasteiger partial charge in [-0.15, -0.1) is 0 Å². The molecule has 3 unspecified atom stereocenters. The second-order valence-electron chi connectivity index (χ2n) is 7.83. The average Bonchev–Trinajstić information content (AvgIpc) is 3.05. The van der Waals surface area contributed by atoms with E-state index in [1.807, 2.05) is 12.1 Å². The summed E-state index contributed by atoms with van der Waals surface area (Å²) in [6.45, 7) is 4.78. The van der Waals surface area contributed by atoms with Crippen LogP contribution in [0.4, 0.5) is 0 Å². The standard InChI is InChI=1S/C21H29NO4/c1-14(2)13-26-17-9-6-8-16(11-17)20(23)22-18-10-5-4-7-15(18)12-19(22)21(24)25-3/h6,8-9,11,14-15,18-19H,4-5,7,10,12-13H2,1-3H3. The maximum Gasteiger partial charge on any atom is 0.328 e. The van der Waals surface area contributed by atoms with Crippen molar-refractivity contribution in [3.05, 3.63) is 29.8 Å². The van der Waals surface area contributed by atoms with Gasteiger partial charge in [0.1, 0.15) is 11.8 Å². The summed E-state index contributed by atoms with van der Waals surface area (Å²) in [5, 5.41) is 0. The van der Waals surface area contributed by atoms with Crippen molar-refractivity contribution < 1.29 is 19.1 Å². The lowest BCUT2D eigenvalue weighted by molar-refractivity contribution is -0.145. The van der Waals surface area contributed by atoms with Crippen molar-refractivity contribution in [2.75, 3.05) is 13.7 Å². The Labute approximate surface area is 155 Å². The van der Waals surface area contributed by atoms with E-state index in [1.165, 1.54) is 13.5 Å². The van der Waals surface area contributed by atoms with E-state index in [1.54, 1.807) is 17.0 Å². The van der Waals surface area contributed by atoms with Gasteiger partial charge >= 0.3 is 5.97 Å². The van der Waals surface area contributed by atoms with Crippen LogP contribution in [-0.2, 0) is 9.53 Å². The van der Waals surface area contributed by atoms with Crippen LogP contribution in [0.15, 0.2) is 24.3 Å². The molecular formula is C21H29NO4. The van der Waals surface area contributed by atoms with Gasteiger partial charge in [-0.3, -0.25) is 4.79 Å². The number of rotatable bonds is 5. The van der Waals surface area contributed by atoms with Gasteiger partial charge in [-0.05, 0) is 49.3 Å². The Morgan fingerprint density at radius 2 is 2.00 bits per heavy atom. The van der Waals surface area contributed by atoms with Crippen LogP contribution in [0, 0.1) is 11.8 Å². The van der Waals surface area contributed by atoms with Crippen molar-refractivity contribution in [3.8, 4) is 5.75 Å². The molecule has 2 fully saturated rings. The molecule has 5 heteroatoms. The average molecular weight is 359 g/mol. The molecule has 1 aliphatic heterocycles. The second-order valence-corrected chi connectivity index (χ2v) is 7.83. The zero-order valence-electron chi connectivity index (χ0n) is 15.9. The van der Waals surface area contributed by atoms with E-state index in [0.717, 1.165) is 19.3 Å². The highest BCUT2D eigenvalue weighted by atomic mass is 16.5. The molecule has 1 heterocycles. The Bertz CT molecular complexity index is 657. The first-order valence-corrected chi connectivity index (χ1v) is 9.64. The molecule has 1 amide bonds. The minimum atomic E-state index is -0.471. The number of esters is 1. The fourth-order valence-corrected chi connectivity index (χ4v) is 4.23. The quantitative estimate of drug-likeness (QED) is 0.753. The van der Waals surface area contributed by atoms with Gasteiger partial charge in [-0.1, -0.05) is 32.8 Å². The molecule has 142 valence electrons. The van der Waals surface area contributed by atoms with Crippen LogP contribution < -0.4 is 4.74 Å². The van der Waals surface area contributed by atoms with E-state index in [-0.39, 0.29) is 17.9 Å². The highest BCUT2D eigenvalue weighted by Gasteiger charge is 2.48. The molecule has 3 rings (SSSR count). The number of carbonyl (C=O) groups is 2. The molecule has 1 saturated carbocycles. The Kier molecular flexibility index (Phi) is 5.84. The number of methoxy groups -OCH3 is 1. The molecule has 1 saturated heterocycles. The number of benzene rings is 1. The molecule has 1 aliphatic carbocycles. The Balaban J connectivity index is 1.83. The van der Waals surface area contributed by atoms with Crippen molar-refractivity contribution in [1.82, 2.24) is 4.90 Å². The summed E-state index contributed by atoms with van der Waals surface area (Å²) in [4.78, 5) is 27.4. The summed E-state index contributed by atoms with van der Waals surface area (Å²) in [5.41, 5.74) is 0.575. The molecule has 2 aliphatic rings. The largest absolute Gasteiger partial charge is 0.493 e. The van der Waals surface area contributed by atoms with Crippen LogP contribution >= 0.6 is 0 Å². The number of likely N-dealkylation sites (tertiary alicyclic amines) is 1. The lowest BCUT2D eigenvalue weighted by Gasteiger charge is -2.33. The van der Waals surface area contributed by atoms with Gasteiger partial charge in [-0.2, -0.15) is 0 Å². The SMILES string of the molecule is COC(=O)C1CC2CCCCC2N1C(=O)c1cccc(OCC(C)C)c1. The minimum absolute atomic E-state index is 0.0928. The maximum absolute atomic E-state index is 13.3. The summed E-state index contributed by atoms with van der Waals surface area (Å²) in [6.07, 6.45) is 5.05. The Hall–Kier alpha value is -2.04. The first kappa shape index (κ1) is 18.7. The molecule has 0 spiro atoms. The second kappa shape index (κ2) is 8.11. The van der Waals surface area contributed by atoms with Crippen molar-refractivity contribution in [2.45, 2.75) is 58.0 Å². The number of fused-ring (bicyclic) bond motifs is 1. The lowest BCUT2D eigenvalue weighted by Crippen LogP contribution is -2.46. The summed E-state index contributed by atoms with van der Waals surface area (Å²) in [7, 11) is 1.40. The molecule has 0 bridgehead atoms. The van der Waals surface area contributed by atoms with Crippen molar-refractivity contribution >= 4 is 11.9 Å². The number of hydrogen-bond donors (Lipinski definition) is 0. The third-order valence-corrected chi connectivity index (χ3v) is 5.46. The van der Waals surface area contributed by atoms with E-state index in [0.29, 0.717) is 36.2 Å². The number of nitrogens with zero attached hydrogens (tertiary/aromatic N) is 1. The lowest BCUT2D eigenvalue weighted by atomic mass is 9.84. The van der Waals surface area contributed by atoms with Gasteiger partial charge in [-0.25, -0.2) is 4.79 Å². The summed E-state index contributed by atoms with van der Waals surface area (Å²) < 4.78 is 10.7. The van der Waals surface area contributed by atoms with E-state index < -0.39 is 6.04 Å². The van der Waals surface area contributed by atoms with Crippen LogP contribution in [-0.4, -0.2) is 42.6 Å². The van der Waals surface area contributed by atoms with Gasteiger partial charge in [0.2, 0.25) is 0 Å². The first-order chi connectivity index (χ1) is 12.5. The minimum Gasteiger partial charge on any atom is -0.493 e. The van der Waals surface area contributed by atoms with Crippen molar-refractivity contribution in [1.29, 1.82) is 0 Å². The van der Waals surface area contributed by atoms with E-state index >= 15 is 0 Å². The molecule has 1 aromatic carbocycles. The predicted molar refractivity (Wildman–Crippen MR) is 99.1 cm³/mol. The summed E-state index contributed by atoms with van der Waals surface area (Å²) >= 11 is 0. The van der Waals surface area contributed by atoms with Gasteiger partial charge in [0.25, 0.3) is 5.91 Å². The van der Waals surface area contributed by atoms with Crippen molar-refractivity contribution in [3.63, 3.8) is 0 Å². The number of carbonyl (C=O) groups excluding carboxylic acids is 2. The Morgan fingerprint density at radius 1 is 1.23 bits per heavy atom. The smallest absolute Gasteiger partial charge is 0.328 e. The molecule has 1 aromatic rings. The number of amides is 1. The summed E-state index contributed by atoms with van der Waals surface area (Å²) in [6, 6.07) is 6.96. The van der Waals surface area contributed by atoms with Crippen LogP contribution in [0.5, 0.6) is 5.75 Å². The predicted octanol–water partition coefficient (Wildman–Crippen LogP) is 3.67. The summed E-state index contributed by atoms with van der Waals surface area (Å²) in [5.74, 6) is 1.11. The monoisotopic (exact) mass is 359 g/mol. The van der Waals surface area contributed by atoms with E-state index in [2.05, 4.69) is 13.8 Å². The zero-order chi connectivity index (χ0) is 18.7. The van der Waals surface area contributed by atoms with Gasteiger partial charge in [0.15, 0.2) is 0 Å². The van der Waals surface area contributed by atoms with E-state index in [9.17, 15) is 9.59 Å². The number of hydrogen-bond acceptors (Lipinski definition) is 4. The van der Waals surface area contributed by atoms with Crippen LogP contribution in [0.2, 0.25) is 0 Å². The highest BCUT2D eigenvalue weighted by Crippen LogP contribution is 2.41. The van der Waals surface area contributed by atoms with E-state index in [4.69, 9.17) is 9.47 Å². The molecule has 3 atom stereocenters. The van der Waals surface area contributed by atoms with Gasteiger partial charge in [0, 0.05) is 11.6 Å². The van der Waals surface area contributed by atoms with Gasteiger partial charge < -0.3 is 14.4 Å². The fraction of sp³-hybridized carbons (Fsp3) is 0.619. The van der Waals surface area contributed by atoms with Crippen molar-refractivity contribution in [2.24, 2.45) is 11.8 Å². The molecular weight excluding hydrogens is 330 g/mol. The molecule has 0 aromatic heterocycles. The third-order valence-electron chi connectivity index (χ3n) is 5.46. The van der Waals surface area contributed by atoms with Gasteiger partial charge in [0.05, 0.1) is 13.7 Å². The fourth-order valence-electron chi connectivity index (χ4n) is 4.23. The molecule has 0 radical (unpaired) electrons. The van der Waals surface area contributed by atoms with Crippen LogP contribution in [0.1, 0.15) is 56.3 Å².